The Morgan fingerprint density at radius 3 is 1.15 bits per heavy atom. The number of aliphatic hydroxyl groups is 2. The molecule has 8 heteroatoms. The van der Waals surface area contributed by atoms with E-state index in [1.165, 1.54) is 0 Å². The Bertz CT molecular complexity index is 197. The van der Waals surface area contributed by atoms with Crippen LogP contribution in [0.1, 0.15) is 26.7 Å². The van der Waals surface area contributed by atoms with Crippen molar-refractivity contribution in [2.24, 2.45) is 0 Å². The third-order valence-corrected chi connectivity index (χ3v) is 2.81. The average Bonchev–Trinajstić information content (AvgIpc) is 2.66. The molecule has 0 aromatic carbocycles. The normalized spacial score (nSPS) is 10.6. The smallest absolute Gasteiger partial charge is 0.0701 e. The second-order valence-corrected chi connectivity index (χ2v) is 5.06. The third kappa shape index (κ3) is 31.4. The number of rotatable bonds is 20. The number of aliphatic hydroxyl groups excluding tert-OH is 2. The van der Waals surface area contributed by atoms with Gasteiger partial charge in [-0.1, -0.05) is 13.3 Å². The van der Waals surface area contributed by atoms with Crippen LogP contribution in [-0.4, -0.2) is 103 Å². The van der Waals surface area contributed by atoms with Crippen molar-refractivity contribution in [3.8, 4) is 0 Å². The number of hydrogen-bond acceptors (Lipinski definition) is 8. The van der Waals surface area contributed by atoms with Crippen LogP contribution in [-0.2, 0) is 28.4 Å². The van der Waals surface area contributed by atoms with Gasteiger partial charge in [0.15, 0.2) is 0 Å². The summed E-state index contributed by atoms with van der Waals surface area (Å²) < 4.78 is 30.7. The van der Waals surface area contributed by atoms with Crippen molar-refractivity contribution in [3.05, 3.63) is 0 Å². The van der Waals surface area contributed by atoms with E-state index in [2.05, 4.69) is 6.92 Å². The monoisotopic (exact) mass is 384 g/mol. The largest absolute Gasteiger partial charge is 0.394 e. The molecule has 0 saturated heterocycles. The van der Waals surface area contributed by atoms with Gasteiger partial charge >= 0.3 is 0 Å². The van der Waals surface area contributed by atoms with Crippen LogP contribution in [0.25, 0.3) is 0 Å². The second-order valence-electron chi connectivity index (χ2n) is 5.06. The minimum absolute atomic E-state index is 0.0684. The van der Waals surface area contributed by atoms with Crippen molar-refractivity contribution < 1.29 is 38.6 Å². The highest BCUT2D eigenvalue weighted by molar-refractivity contribution is 4.35. The highest BCUT2D eigenvalue weighted by Crippen LogP contribution is 1.87. The van der Waals surface area contributed by atoms with E-state index >= 15 is 0 Å². The first kappa shape index (κ1) is 27.9. The molecule has 0 aromatic rings. The average molecular weight is 385 g/mol. The van der Waals surface area contributed by atoms with Gasteiger partial charge in [0.25, 0.3) is 0 Å². The molecule has 0 aliphatic carbocycles. The molecule has 160 valence electrons. The van der Waals surface area contributed by atoms with E-state index < -0.39 is 0 Å². The fourth-order valence-corrected chi connectivity index (χ4v) is 1.50. The topological polar surface area (TPSA) is 95.8 Å². The van der Waals surface area contributed by atoms with Gasteiger partial charge in [-0.05, 0) is 13.3 Å². The zero-order chi connectivity index (χ0) is 19.6. The summed E-state index contributed by atoms with van der Waals surface area (Å²) in [6.07, 6.45) is 2.27. The summed E-state index contributed by atoms with van der Waals surface area (Å²) in [5, 5.41) is 16.8. The first-order valence-electron chi connectivity index (χ1n) is 9.51. The maximum atomic E-state index is 8.40. The zero-order valence-corrected chi connectivity index (χ0v) is 16.7. The Kier molecular flexibility index (Phi) is 31.6. The standard InChI is InChI=1S/C10H22O4.C8H18O4/c1-2-3-5-12-7-9-14-10-8-13-6-4-11;1-2-10-5-6-12-8-7-11-4-3-9/h11H,2-10H2,1H3;9H,2-8H2,1H3. The van der Waals surface area contributed by atoms with E-state index in [1.54, 1.807) is 0 Å². The summed E-state index contributed by atoms with van der Waals surface area (Å²) in [5.74, 6) is 0. The molecule has 0 bridgehead atoms. The predicted octanol–water partition coefficient (Wildman–Crippen LogP) is 0.877. The Labute approximate surface area is 158 Å². The second kappa shape index (κ2) is 29.4. The van der Waals surface area contributed by atoms with Crippen LogP contribution in [0.4, 0.5) is 0 Å². The van der Waals surface area contributed by atoms with E-state index in [0.29, 0.717) is 66.1 Å². The maximum absolute atomic E-state index is 8.40. The van der Waals surface area contributed by atoms with Gasteiger partial charge in [0.2, 0.25) is 0 Å². The first-order chi connectivity index (χ1) is 12.8. The number of ether oxygens (including phenoxy) is 6. The highest BCUT2D eigenvalue weighted by atomic mass is 16.5. The van der Waals surface area contributed by atoms with Gasteiger partial charge in [-0.25, -0.2) is 0 Å². The van der Waals surface area contributed by atoms with Crippen LogP contribution < -0.4 is 0 Å². The molecular formula is C18H40O8. The summed E-state index contributed by atoms with van der Waals surface area (Å²) in [6.45, 7) is 11.3. The van der Waals surface area contributed by atoms with Gasteiger partial charge in [0.1, 0.15) is 0 Å². The lowest BCUT2D eigenvalue weighted by Gasteiger charge is -2.05. The summed E-state index contributed by atoms with van der Waals surface area (Å²) >= 11 is 0. The van der Waals surface area contributed by atoms with Crippen molar-refractivity contribution in [3.63, 3.8) is 0 Å². The van der Waals surface area contributed by atoms with Crippen molar-refractivity contribution in [2.75, 3.05) is 92.5 Å². The van der Waals surface area contributed by atoms with Crippen LogP contribution in [0.5, 0.6) is 0 Å². The molecule has 0 aromatic heterocycles. The van der Waals surface area contributed by atoms with E-state index in [9.17, 15) is 0 Å². The van der Waals surface area contributed by atoms with Crippen LogP contribution in [0.15, 0.2) is 0 Å². The van der Waals surface area contributed by atoms with Crippen molar-refractivity contribution in [1.29, 1.82) is 0 Å². The summed E-state index contributed by atoms with van der Waals surface area (Å²) in [5.41, 5.74) is 0. The zero-order valence-electron chi connectivity index (χ0n) is 16.7. The molecular weight excluding hydrogens is 344 g/mol. The quantitative estimate of drug-likeness (QED) is 0.299. The number of unbranched alkanes of at least 4 members (excludes halogenated alkanes) is 1. The van der Waals surface area contributed by atoms with Crippen LogP contribution in [0, 0.1) is 0 Å². The van der Waals surface area contributed by atoms with E-state index in [1.807, 2.05) is 6.92 Å². The van der Waals surface area contributed by atoms with Gasteiger partial charge < -0.3 is 38.6 Å². The highest BCUT2D eigenvalue weighted by Gasteiger charge is 1.91. The lowest BCUT2D eigenvalue weighted by atomic mass is 10.4. The molecule has 0 atom stereocenters. The fourth-order valence-electron chi connectivity index (χ4n) is 1.50. The molecule has 0 radical (unpaired) electrons. The van der Waals surface area contributed by atoms with Crippen LogP contribution in [0.3, 0.4) is 0 Å². The van der Waals surface area contributed by atoms with Gasteiger partial charge in [-0.15, -0.1) is 0 Å². The molecule has 0 saturated carbocycles. The van der Waals surface area contributed by atoms with Gasteiger partial charge in [-0.3, -0.25) is 0 Å². The molecule has 8 nitrogen and oxygen atoms in total. The molecule has 0 heterocycles. The Hall–Kier alpha value is -0.320. The Morgan fingerprint density at radius 2 is 0.808 bits per heavy atom. The summed E-state index contributed by atoms with van der Waals surface area (Å²) in [7, 11) is 0. The molecule has 26 heavy (non-hydrogen) atoms. The maximum Gasteiger partial charge on any atom is 0.0701 e. The summed E-state index contributed by atoms with van der Waals surface area (Å²) in [6, 6.07) is 0. The van der Waals surface area contributed by atoms with Gasteiger partial charge in [-0.2, -0.15) is 0 Å². The lowest BCUT2D eigenvalue weighted by molar-refractivity contribution is 0.00735. The molecule has 0 spiro atoms. The van der Waals surface area contributed by atoms with Crippen LogP contribution in [0.2, 0.25) is 0 Å². The predicted molar refractivity (Wildman–Crippen MR) is 99.7 cm³/mol. The Morgan fingerprint density at radius 1 is 0.462 bits per heavy atom. The molecule has 2 N–H and O–H groups in total. The first-order valence-corrected chi connectivity index (χ1v) is 9.51. The van der Waals surface area contributed by atoms with Crippen molar-refractivity contribution in [2.45, 2.75) is 26.7 Å². The molecule has 0 amide bonds. The minimum Gasteiger partial charge on any atom is -0.394 e. The Balaban J connectivity index is 0. The molecule has 0 unspecified atom stereocenters. The molecule has 0 fully saturated rings. The van der Waals surface area contributed by atoms with E-state index in [4.69, 9.17) is 38.6 Å². The van der Waals surface area contributed by atoms with Crippen molar-refractivity contribution >= 4 is 0 Å². The SMILES string of the molecule is CCCCOCCOCCOCCO.CCOCCOCCOCCO. The van der Waals surface area contributed by atoms with Crippen LogP contribution >= 0.6 is 0 Å². The van der Waals surface area contributed by atoms with Crippen molar-refractivity contribution in [1.82, 2.24) is 0 Å². The minimum atomic E-state index is 0.0684. The van der Waals surface area contributed by atoms with Gasteiger partial charge in [0.05, 0.1) is 79.3 Å². The summed E-state index contributed by atoms with van der Waals surface area (Å²) in [4.78, 5) is 0. The van der Waals surface area contributed by atoms with Gasteiger partial charge in [0, 0.05) is 13.2 Å². The fraction of sp³-hybridized carbons (Fsp3) is 1.00. The van der Waals surface area contributed by atoms with E-state index in [0.717, 1.165) is 26.1 Å². The molecule has 0 rings (SSSR count). The molecule has 0 aliphatic heterocycles. The van der Waals surface area contributed by atoms with E-state index in [-0.39, 0.29) is 13.2 Å². The lowest BCUT2D eigenvalue weighted by Crippen LogP contribution is -2.11. The third-order valence-electron chi connectivity index (χ3n) is 2.81. The molecule has 0 aliphatic rings. The number of hydrogen-bond donors (Lipinski definition) is 2.